The average Bonchev–Trinajstić information content (AvgIpc) is 2.72. The van der Waals surface area contributed by atoms with Crippen LogP contribution in [0, 0.1) is 11.8 Å². The number of piperidine rings is 1. The number of nitrogens with zero attached hydrogens (tertiary/aromatic N) is 3. The molecule has 28 heavy (non-hydrogen) atoms. The van der Waals surface area contributed by atoms with Crippen LogP contribution in [-0.2, 0) is 14.3 Å². The number of likely N-dealkylation sites (tertiary alicyclic amines) is 1. The Kier molecular flexibility index (Phi) is 8.15. The number of hydrogen-bond acceptors (Lipinski definition) is 4. The smallest absolute Gasteiger partial charge is 0.225 e. The van der Waals surface area contributed by atoms with E-state index >= 15 is 0 Å². The maximum atomic E-state index is 12.7. The molecular formula is C22H39N3O3. The molecule has 1 aliphatic carbocycles. The number of piperazine rings is 1. The van der Waals surface area contributed by atoms with Gasteiger partial charge in [0.2, 0.25) is 11.8 Å². The van der Waals surface area contributed by atoms with E-state index in [1.807, 2.05) is 4.90 Å². The molecule has 0 radical (unpaired) electrons. The number of carbonyl (C=O) groups excluding carboxylic acids is 2. The lowest BCUT2D eigenvalue weighted by Crippen LogP contribution is -2.50. The molecule has 0 atom stereocenters. The molecule has 2 aliphatic heterocycles. The van der Waals surface area contributed by atoms with E-state index in [9.17, 15) is 9.59 Å². The molecule has 0 N–H and O–H groups in total. The fourth-order valence-electron chi connectivity index (χ4n) is 4.83. The van der Waals surface area contributed by atoms with E-state index in [4.69, 9.17) is 4.74 Å². The molecule has 0 aromatic carbocycles. The minimum atomic E-state index is 0.175. The number of carbonyl (C=O) groups is 2. The largest absolute Gasteiger partial charge is 0.378 e. The molecule has 160 valence electrons. The number of rotatable bonds is 6. The highest BCUT2D eigenvalue weighted by atomic mass is 16.5. The third-order valence-corrected chi connectivity index (χ3v) is 6.91. The van der Waals surface area contributed by atoms with E-state index in [1.54, 1.807) is 6.92 Å². The second-order valence-electron chi connectivity index (χ2n) is 9.05. The Labute approximate surface area is 170 Å². The molecule has 0 aromatic heterocycles. The predicted octanol–water partition coefficient (Wildman–Crippen LogP) is 2.37. The van der Waals surface area contributed by atoms with Gasteiger partial charge in [-0.3, -0.25) is 14.5 Å². The summed E-state index contributed by atoms with van der Waals surface area (Å²) in [7, 11) is 0. The maximum Gasteiger partial charge on any atom is 0.225 e. The highest BCUT2D eigenvalue weighted by Crippen LogP contribution is 2.29. The molecular weight excluding hydrogens is 354 g/mol. The zero-order chi connectivity index (χ0) is 19.9. The predicted molar refractivity (Wildman–Crippen MR) is 110 cm³/mol. The third kappa shape index (κ3) is 6.18. The van der Waals surface area contributed by atoms with Gasteiger partial charge < -0.3 is 14.5 Å². The fraction of sp³-hybridized carbons (Fsp3) is 0.909. The van der Waals surface area contributed by atoms with Crippen LogP contribution < -0.4 is 0 Å². The third-order valence-electron chi connectivity index (χ3n) is 6.91. The summed E-state index contributed by atoms with van der Waals surface area (Å²) in [4.78, 5) is 30.6. The summed E-state index contributed by atoms with van der Waals surface area (Å²) in [5.74, 6) is 1.66. The van der Waals surface area contributed by atoms with Gasteiger partial charge in [-0.1, -0.05) is 6.92 Å². The molecule has 3 aliphatic rings. The summed E-state index contributed by atoms with van der Waals surface area (Å²) in [5.41, 5.74) is 0. The van der Waals surface area contributed by atoms with Gasteiger partial charge in [0.25, 0.3) is 0 Å². The van der Waals surface area contributed by atoms with Crippen molar-refractivity contribution < 1.29 is 14.3 Å². The summed E-state index contributed by atoms with van der Waals surface area (Å²) in [6, 6.07) is 0. The summed E-state index contributed by atoms with van der Waals surface area (Å²) < 4.78 is 6.02. The van der Waals surface area contributed by atoms with Crippen LogP contribution in [0.15, 0.2) is 0 Å². The monoisotopic (exact) mass is 393 g/mol. The van der Waals surface area contributed by atoms with E-state index in [0.29, 0.717) is 12.0 Å². The quantitative estimate of drug-likeness (QED) is 0.650. The second-order valence-corrected chi connectivity index (χ2v) is 9.05. The topological polar surface area (TPSA) is 53.1 Å². The van der Waals surface area contributed by atoms with Crippen LogP contribution in [0.4, 0.5) is 0 Å². The van der Waals surface area contributed by atoms with Crippen molar-refractivity contribution in [2.45, 2.75) is 64.9 Å². The lowest BCUT2D eigenvalue weighted by Gasteiger charge is -2.37. The summed E-state index contributed by atoms with van der Waals surface area (Å²) in [5, 5.41) is 0. The minimum absolute atomic E-state index is 0.175. The first-order valence-electron chi connectivity index (χ1n) is 11.4. The number of amides is 2. The van der Waals surface area contributed by atoms with Gasteiger partial charge in [-0.05, 0) is 50.9 Å². The molecule has 6 heteroatoms. The van der Waals surface area contributed by atoms with E-state index < -0.39 is 0 Å². The Bertz CT molecular complexity index is 503. The summed E-state index contributed by atoms with van der Waals surface area (Å²) in [6.45, 7) is 11.2. The summed E-state index contributed by atoms with van der Waals surface area (Å²) >= 11 is 0. The molecule has 0 bridgehead atoms. The van der Waals surface area contributed by atoms with E-state index in [2.05, 4.69) is 16.7 Å². The highest BCUT2D eigenvalue weighted by Gasteiger charge is 2.30. The Morgan fingerprint density at radius 1 is 0.857 bits per heavy atom. The van der Waals surface area contributed by atoms with E-state index in [1.165, 1.54) is 12.8 Å². The normalized spacial score (nSPS) is 27.8. The van der Waals surface area contributed by atoms with Gasteiger partial charge in [0.1, 0.15) is 0 Å². The van der Waals surface area contributed by atoms with E-state index in [-0.39, 0.29) is 11.8 Å². The van der Waals surface area contributed by atoms with Crippen molar-refractivity contribution in [2.24, 2.45) is 11.8 Å². The van der Waals surface area contributed by atoms with Crippen molar-refractivity contribution in [3.63, 3.8) is 0 Å². The second kappa shape index (κ2) is 10.6. The van der Waals surface area contributed by atoms with Gasteiger partial charge in [0, 0.05) is 65.3 Å². The molecule has 3 fully saturated rings. The molecule has 0 spiro atoms. The first-order valence-corrected chi connectivity index (χ1v) is 11.4. The Balaban J connectivity index is 1.25. The molecule has 0 unspecified atom stereocenters. The SMILES string of the molecule is CC(=O)N1CCC(OCCCN2CCN(C(=O)C3CCC(C)CC3)CC2)CC1. The molecule has 2 amide bonds. The molecule has 2 saturated heterocycles. The van der Waals surface area contributed by atoms with Gasteiger partial charge in [0.05, 0.1) is 6.10 Å². The maximum absolute atomic E-state index is 12.7. The van der Waals surface area contributed by atoms with Crippen LogP contribution in [0.2, 0.25) is 0 Å². The zero-order valence-electron chi connectivity index (χ0n) is 17.9. The van der Waals surface area contributed by atoms with Crippen molar-refractivity contribution in [1.29, 1.82) is 0 Å². The van der Waals surface area contributed by atoms with Crippen LogP contribution in [-0.4, -0.2) is 85.0 Å². The lowest BCUT2D eigenvalue weighted by molar-refractivity contribution is -0.138. The van der Waals surface area contributed by atoms with Crippen LogP contribution >= 0.6 is 0 Å². The molecule has 0 aromatic rings. The number of ether oxygens (including phenoxy) is 1. The van der Waals surface area contributed by atoms with Crippen molar-refractivity contribution in [3.8, 4) is 0 Å². The Morgan fingerprint density at radius 2 is 1.50 bits per heavy atom. The molecule has 1 saturated carbocycles. The Morgan fingerprint density at radius 3 is 2.11 bits per heavy atom. The van der Waals surface area contributed by atoms with Crippen molar-refractivity contribution in [1.82, 2.24) is 14.7 Å². The van der Waals surface area contributed by atoms with Crippen LogP contribution in [0.1, 0.15) is 58.8 Å². The van der Waals surface area contributed by atoms with Crippen molar-refractivity contribution in [3.05, 3.63) is 0 Å². The molecule has 2 heterocycles. The van der Waals surface area contributed by atoms with Gasteiger partial charge in [-0.15, -0.1) is 0 Å². The lowest BCUT2D eigenvalue weighted by atomic mass is 9.82. The highest BCUT2D eigenvalue weighted by molar-refractivity contribution is 5.79. The van der Waals surface area contributed by atoms with Crippen LogP contribution in [0.3, 0.4) is 0 Å². The van der Waals surface area contributed by atoms with Crippen molar-refractivity contribution in [2.75, 3.05) is 52.4 Å². The van der Waals surface area contributed by atoms with Gasteiger partial charge >= 0.3 is 0 Å². The van der Waals surface area contributed by atoms with Gasteiger partial charge in [-0.25, -0.2) is 0 Å². The van der Waals surface area contributed by atoms with Crippen LogP contribution in [0.5, 0.6) is 0 Å². The van der Waals surface area contributed by atoms with Crippen molar-refractivity contribution >= 4 is 11.8 Å². The first-order chi connectivity index (χ1) is 13.5. The molecule has 6 nitrogen and oxygen atoms in total. The average molecular weight is 394 g/mol. The standard InChI is InChI=1S/C22H39N3O3/c1-18-4-6-20(7-5-18)22(27)25-15-13-23(14-16-25)10-3-17-28-21-8-11-24(12-9-21)19(2)26/h18,20-21H,3-17H2,1-2H3. The number of hydrogen-bond donors (Lipinski definition) is 0. The first kappa shape index (κ1) is 21.6. The minimum Gasteiger partial charge on any atom is -0.378 e. The van der Waals surface area contributed by atoms with Gasteiger partial charge in [0.15, 0.2) is 0 Å². The van der Waals surface area contributed by atoms with Gasteiger partial charge in [-0.2, -0.15) is 0 Å². The molecule has 3 rings (SSSR count). The summed E-state index contributed by atoms with van der Waals surface area (Å²) in [6.07, 6.45) is 7.87. The fourth-order valence-corrected chi connectivity index (χ4v) is 4.83. The van der Waals surface area contributed by atoms with Crippen LogP contribution in [0.25, 0.3) is 0 Å². The zero-order valence-corrected chi connectivity index (χ0v) is 17.9. The van der Waals surface area contributed by atoms with E-state index in [0.717, 1.165) is 90.4 Å². The Hall–Kier alpha value is -1.14.